The lowest BCUT2D eigenvalue weighted by atomic mass is 10.0. The van der Waals surface area contributed by atoms with Crippen molar-refractivity contribution in [1.82, 2.24) is 4.90 Å². The number of rotatable bonds is 3. The molecule has 1 aliphatic rings. The zero-order valence-electron chi connectivity index (χ0n) is 12.1. The van der Waals surface area contributed by atoms with Gasteiger partial charge >= 0.3 is 0 Å². The van der Waals surface area contributed by atoms with Crippen molar-refractivity contribution in [1.29, 1.82) is 0 Å². The third kappa shape index (κ3) is 2.64. The van der Waals surface area contributed by atoms with E-state index in [1.54, 1.807) is 18.2 Å². The van der Waals surface area contributed by atoms with Crippen LogP contribution in [0, 0.1) is 6.92 Å². The second-order valence-electron chi connectivity index (χ2n) is 5.40. The number of likely N-dealkylation sites (N-methyl/N-ethyl adjacent to an activating group) is 1. The minimum absolute atomic E-state index is 0.170. The molecular formula is C16H18N2O3. The number of nitrogens with zero attached hydrogens (tertiary/aromatic N) is 1. The number of hydrogen-bond donors (Lipinski definition) is 1. The highest BCUT2D eigenvalue weighted by Gasteiger charge is 2.29. The lowest BCUT2D eigenvalue weighted by molar-refractivity contribution is 0.0977. The third-order valence-electron chi connectivity index (χ3n) is 3.62. The average Bonchev–Trinajstić information content (AvgIpc) is 2.79. The van der Waals surface area contributed by atoms with Gasteiger partial charge in [-0.25, -0.2) is 0 Å². The fourth-order valence-electron chi connectivity index (χ4n) is 2.70. The molecular weight excluding hydrogens is 268 g/mol. The summed E-state index contributed by atoms with van der Waals surface area (Å²) in [7, 11) is 2.01. The first-order chi connectivity index (χ1) is 10.0. The molecule has 0 fully saturated rings. The smallest absolute Gasteiger partial charge is 0.252 e. The molecule has 1 aromatic heterocycles. The fraction of sp³-hybridized carbons (Fsp3) is 0.312. The Morgan fingerprint density at radius 2 is 2.19 bits per heavy atom. The van der Waals surface area contributed by atoms with Gasteiger partial charge in [0.1, 0.15) is 23.4 Å². The van der Waals surface area contributed by atoms with Crippen LogP contribution in [0.2, 0.25) is 0 Å². The molecule has 2 heterocycles. The first kappa shape index (κ1) is 13.7. The number of carbonyl (C=O) groups is 1. The van der Waals surface area contributed by atoms with E-state index < -0.39 is 5.91 Å². The van der Waals surface area contributed by atoms with Crippen molar-refractivity contribution < 1.29 is 13.9 Å². The van der Waals surface area contributed by atoms with Crippen LogP contribution in [0.4, 0.5) is 0 Å². The van der Waals surface area contributed by atoms with Crippen LogP contribution in [-0.4, -0.2) is 24.4 Å². The minimum atomic E-state index is -0.488. The molecule has 21 heavy (non-hydrogen) atoms. The molecule has 0 saturated carbocycles. The number of para-hydroxylation sites is 1. The highest BCUT2D eigenvalue weighted by Crippen LogP contribution is 2.33. The second kappa shape index (κ2) is 5.26. The maximum absolute atomic E-state index is 11.5. The number of nitrogens with two attached hydrogens (primary N) is 1. The van der Waals surface area contributed by atoms with Crippen molar-refractivity contribution in [2.24, 2.45) is 5.73 Å². The van der Waals surface area contributed by atoms with E-state index in [4.69, 9.17) is 14.9 Å². The van der Waals surface area contributed by atoms with Gasteiger partial charge in [0.25, 0.3) is 5.91 Å². The molecule has 1 unspecified atom stereocenters. The van der Waals surface area contributed by atoms with E-state index in [1.807, 2.05) is 26.1 Å². The molecule has 2 aromatic rings. The average molecular weight is 286 g/mol. The Morgan fingerprint density at radius 1 is 1.43 bits per heavy atom. The summed E-state index contributed by atoms with van der Waals surface area (Å²) < 4.78 is 11.8. The van der Waals surface area contributed by atoms with Crippen LogP contribution in [0.5, 0.6) is 5.75 Å². The van der Waals surface area contributed by atoms with Crippen LogP contribution >= 0.6 is 0 Å². The number of fused-ring (bicyclic) bond motifs is 1. The Balaban J connectivity index is 1.94. The summed E-state index contributed by atoms with van der Waals surface area (Å²) in [6.45, 7) is 3.42. The predicted molar refractivity (Wildman–Crippen MR) is 78.1 cm³/mol. The molecule has 0 aliphatic carbocycles. The summed E-state index contributed by atoms with van der Waals surface area (Å²) >= 11 is 0. The molecule has 5 heteroatoms. The number of ether oxygens (including phenoxy) is 1. The van der Waals surface area contributed by atoms with E-state index in [0.717, 1.165) is 30.2 Å². The van der Waals surface area contributed by atoms with Gasteiger partial charge in [0.2, 0.25) is 0 Å². The summed E-state index contributed by atoms with van der Waals surface area (Å²) in [4.78, 5) is 13.6. The molecule has 110 valence electrons. The SMILES string of the molecule is Cc1cc2c(o1)CN(C)CC2Oc1ccccc1C(N)=O. The van der Waals surface area contributed by atoms with E-state index in [0.29, 0.717) is 11.3 Å². The van der Waals surface area contributed by atoms with E-state index >= 15 is 0 Å². The van der Waals surface area contributed by atoms with Gasteiger partial charge in [-0.05, 0) is 32.2 Å². The molecule has 0 saturated heterocycles. The molecule has 1 atom stereocenters. The highest BCUT2D eigenvalue weighted by atomic mass is 16.5. The van der Waals surface area contributed by atoms with Crippen LogP contribution in [0.1, 0.15) is 33.5 Å². The van der Waals surface area contributed by atoms with Gasteiger partial charge in [-0.2, -0.15) is 0 Å². The van der Waals surface area contributed by atoms with Crippen molar-refractivity contribution in [3.05, 3.63) is 53.0 Å². The number of carbonyl (C=O) groups excluding carboxylic acids is 1. The van der Waals surface area contributed by atoms with Crippen molar-refractivity contribution in [2.75, 3.05) is 13.6 Å². The molecule has 2 N–H and O–H groups in total. The van der Waals surface area contributed by atoms with Crippen LogP contribution in [0.15, 0.2) is 34.7 Å². The van der Waals surface area contributed by atoms with E-state index in [9.17, 15) is 4.79 Å². The monoisotopic (exact) mass is 286 g/mol. The number of furan rings is 1. The Hall–Kier alpha value is -2.27. The maximum atomic E-state index is 11.5. The zero-order chi connectivity index (χ0) is 15.0. The van der Waals surface area contributed by atoms with Gasteiger partial charge < -0.3 is 14.9 Å². The number of amides is 1. The summed E-state index contributed by atoms with van der Waals surface area (Å²) in [5, 5.41) is 0. The summed E-state index contributed by atoms with van der Waals surface area (Å²) in [5.41, 5.74) is 6.84. The van der Waals surface area contributed by atoms with Gasteiger partial charge in [-0.15, -0.1) is 0 Å². The molecule has 0 radical (unpaired) electrons. The van der Waals surface area contributed by atoms with E-state index in [-0.39, 0.29) is 6.10 Å². The van der Waals surface area contributed by atoms with Crippen LogP contribution in [0.25, 0.3) is 0 Å². The zero-order valence-corrected chi connectivity index (χ0v) is 12.1. The molecule has 5 nitrogen and oxygen atoms in total. The first-order valence-electron chi connectivity index (χ1n) is 6.88. The first-order valence-corrected chi connectivity index (χ1v) is 6.88. The molecule has 1 aromatic carbocycles. The quantitative estimate of drug-likeness (QED) is 0.939. The topological polar surface area (TPSA) is 68.7 Å². The molecule has 3 rings (SSSR count). The standard InChI is InChI=1S/C16H18N2O3/c1-10-7-12-14(20-10)8-18(2)9-15(12)21-13-6-4-3-5-11(13)16(17)19/h3-7,15H,8-9H2,1-2H3,(H2,17,19). The lowest BCUT2D eigenvalue weighted by Gasteiger charge is -2.29. The minimum Gasteiger partial charge on any atom is -0.483 e. The van der Waals surface area contributed by atoms with E-state index in [2.05, 4.69) is 4.90 Å². The highest BCUT2D eigenvalue weighted by molar-refractivity contribution is 5.95. The Labute approximate surface area is 123 Å². The summed E-state index contributed by atoms with van der Waals surface area (Å²) in [6.07, 6.45) is -0.170. The second-order valence-corrected chi connectivity index (χ2v) is 5.40. The lowest BCUT2D eigenvalue weighted by Crippen LogP contribution is -2.32. The van der Waals surface area contributed by atoms with Crippen molar-refractivity contribution in [3.63, 3.8) is 0 Å². The normalized spacial score (nSPS) is 18.3. The van der Waals surface area contributed by atoms with Gasteiger partial charge in [-0.1, -0.05) is 12.1 Å². The molecule has 1 amide bonds. The molecule has 1 aliphatic heterocycles. The summed E-state index contributed by atoms with van der Waals surface area (Å²) in [6, 6.07) is 9.04. The van der Waals surface area contributed by atoms with Crippen LogP contribution < -0.4 is 10.5 Å². The summed E-state index contributed by atoms with van der Waals surface area (Å²) in [5.74, 6) is 1.81. The predicted octanol–water partition coefficient (Wildman–Crippen LogP) is 2.25. The van der Waals surface area contributed by atoms with Crippen molar-refractivity contribution >= 4 is 5.91 Å². The van der Waals surface area contributed by atoms with Gasteiger partial charge in [0.15, 0.2) is 0 Å². The Bertz CT molecular complexity index is 678. The van der Waals surface area contributed by atoms with Crippen LogP contribution in [-0.2, 0) is 6.54 Å². The Morgan fingerprint density at radius 3 is 2.95 bits per heavy atom. The molecule has 0 spiro atoms. The maximum Gasteiger partial charge on any atom is 0.252 e. The van der Waals surface area contributed by atoms with Crippen molar-refractivity contribution in [2.45, 2.75) is 19.6 Å². The fourth-order valence-corrected chi connectivity index (χ4v) is 2.70. The third-order valence-corrected chi connectivity index (χ3v) is 3.62. The number of primary amides is 1. The van der Waals surface area contributed by atoms with Crippen molar-refractivity contribution in [3.8, 4) is 5.75 Å². The van der Waals surface area contributed by atoms with Gasteiger partial charge in [0, 0.05) is 12.1 Å². The van der Waals surface area contributed by atoms with E-state index in [1.165, 1.54) is 0 Å². The van der Waals surface area contributed by atoms with Gasteiger partial charge in [0.05, 0.1) is 12.1 Å². The molecule has 0 bridgehead atoms. The largest absolute Gasteiger partial charge is 0.483 e. The van der Waals surface area contributed by atoms with Crippen LogP contribution in [0.3, 0.4) is 0 Å². The Kier molecular flexibility index (Phi) is 3.43. The number of benzene rings is 1. The number of hydrogen-bond acceptors (Lipinski definition) is 4. The number of aryl methyl sites for hydroxylation is 1. The van der Waals surface area contributed by atoms with Gasteiger partial charge in [-0.3, -0.25) is 9.69 Å².